The Hall–Kier alpha value is -1.92. The van der Waals surface area contributed by atoms with Crippen LogP contribution in [0.4, 0.5) is 5.95 Å². The highest BCUT2D eigenvalue weighted by atomic mass is 16.2. The van der Waals surface area contributed by atoms with Gasteiger partial charge in [0, 0.05) is 13.0 Å². The molecule has 0 aromatic carbocycles. The molecule has 1 aliphatic heterocycles. The first-order chi connectivity index (χ1) is 9.58. The average Bonchev–Trinajstić information content (AvgIpc) is 2.89. The summed E-state index contributed by atoms with van der Waals surface area (Å²) in [6.45, 7) is 4.74. The molecule has 0 saturated carbocycles. The number of nitrogens with one attached hydrogen (secondary N) is 2. The minimum atomic E-state index is -0.437. The molecule has 0 bridgehead atoms. The van der Waals surface area contributed by atoms with Crippen molar-refractivity contribution < 1.29 is 9.59 Å². The third kappa shape index (κ3) is 3.55. The Bertz CT molecular complexity index is 457. The van der Waals surface area contributed by atoms with Gasteiger partial charge < -0.3 is 4.90 Å². The number of anilines is 1. The van der Waals surface area contributed by atoms with E-state index < -0.39 is 6.04 Å². The summed E-state index contributed by atoms with van der Waals surface area (Å²) in [6.07, 6.45) is 4.37. The van der Waals surface area contributed by atoms with Crippen molar-refractivity contribution in [2.24, 2.45) is 5.92 Å². The molecule has 2 N–H and O–H groups in total. The van der Waals surface area contributed by atoms with Crippen molar-refractivity contribution >= 4 is 17.8 Å². The Balaban J connectivity index is 2.09. The number of aromatic nitrogens is 3. The molecule has 1 fully saturated rings. The number of piperidine rings is 1. The van der Waals surface area contributed by atoms with Crippen molar-refractivity contribution in [3.63, 3.8) is 0 Å². The third-order valence-corrected chi connectivity index (χ3v) is 3.39. The number of carbonyl (C=O) groups is 2. The normalized spacial score (nSPS) is 17.4. The molecule has 1 aliphatic rings. The first kappa shape index (κ1) is 14.5. The van der Waals surface area contributed by atoms with Crippen LogP contribution in [0.1, 0.15) is 39.5 Å². The number of hydrogen-bond donors (Lipinski definition) is 2. The molecule has 1 aromatic heterocycles. The summed E-state index contributed by atoms with van der Waals surface area (Å²) in [6, 6.07) is -0.437. The van der Waals surface area contributed by atoms with Crippen LogP contribution in [0.15, 0.2) is 6.33 Å². The van der Waals surface area contributed by atoms with Gasteiger partial charge in [-0.05, 0) is 25.2 Å². The molecule has 1 unspecified atom stereocenters. The zero-order chi connectivity index (χ0) is 14.5. The summed E-state index contributed by atoms with van der Waals surface area (Å²) >= 11 is 0. The van der Waals surface area contributed by atoms with Crippen molar-refractivity contribution in [1.29, 1.82) is 0 Å². The molecule has 7 heteroatoms. The molecule has 1 saturated heterocycles. The summed E-state index contributed by atoms with van der Waals surface area (Å²) in [4.78, 5) is 30.0. The molecular weight excluding hydrogens is 258 g/mol. The second-order valence-corrected chi connectivity index (χ2v) is 5.51. The number of aromatic amines is 1. The second kappa shape index (κ2) is 6.49. The lowest BCUT2D eigenvalue weighted by molar-refractivity contribution is -0.141. The molecule has 1 atom stereocenters. The fraction of sp³-hybridized carbons (Fsp3) is 0.692. The molecule has 0 radical (unpaired) electrons. The monoisotopic (exact) mass is 279 g/mol. The molecule has 110 valence electrons. The first-order valence-corrected chi connectivity index (χ1v) is 7.03. The van der Waals surface area contributed by atoms with E-state index in [1.54, 1.807) is 4.90 Å². The van der Waals surface area contributed by atoms with Crippen LogP contribution in [0, 0.1) is 5.92 Å². The van der Waals surface area contributed by atoms with Crippen molar-refractivity contribution in [2.45, 2.75) is 45.6 Å². The lowest BCUT2D eigenvalue weighted by atomic mass is 9.99. The molecule has 2 amide bonds. The van der Waals surface area contributed by atoms with Crippen LogP contribution in [0.3, 0.4) is 0 Å². The smallest absolute Gasteiger partial charge is 0.249 e. The summed E-state index contributed by atoms with van der Waals surface area (Å²) in [5.41, 5.74) is 0. The van der Waals surface area contributed by atoms with Gasteiger partial charge in [0.1, 0.15) is 12.4 Å². The Morgan fingerprint density at radius 2 is 2.30 bits per heavy atom. The average molecular weight is 279 g/mol. The first-order valence-electron chi connectivity index (χ1n) is 7.03. The van der Waals surface area contributed by atoms with Crippen LogP contribution in [-0.4, -0.2) is 44.5 Å². The van der Waals surface area contributed by atoms with Gasteiger partial charge in [-0.2, -0.15) is 10.1 Å². The van der Waals surface area contributed by atoms with E-state index in [4.69, 9.17) is 0 Å². The van der Waals surface area contributed by atoms with Gasteiger partial charge >= 0.3 is 0 Å². The van der Waals surface area contributed by atoms with Gasteiger partial charge in [-0.3, -0.25) is 14.9 Å². The molecular formula is C13H21N5O2. The van der Waals surface area contributed by atoms with Gasteiger partial charge in [0.05, 0.1) is 0 Å². The SMILES string of the molecule is CC(C)CC(C(=O)Nc1ncn[nH]1)N1CCCCC1=O. The fourth-order valence-corrected chi connectivity index (χ4v) is 2.44. The van der Waals surface area contributed by atoms with E-state index in [0.29, 0.717) is 31.3 Å². The summed E-state index contributed by atoms with van der Waals surface area (Å²) in [5, 5.41) is 8.97. The van der Waals surface area contributed by atoms with Crippen molar-refractivity contribution in [3.05, 3.63) is 6.33 Å². The number of likely N-dealkylation sites (tertiary alicyclic amines) is 1. The van der Waals surface area contributed by atoms with Gasteiger partial charge in [0.25, 0.3) is 0 Å². The van der Waals surface area contributed by atoms with E-state index in [1.807, 2.05) is 13.8 Å². The number of hydrogen-bond acceptors (Lipinski definition) is 4. The summed E-state index contributed by atoms with van der Waals surface area (Å²) in [5.74, 6) is 0.503. The third-order valence-electron chi connectivity index (χ3n) is 3.39. The van der Waals surface area contributed by atoms with Gasteiger partial charge in [-0.25, -0.2) is 5.10 Å². The molecule has 20 heavy (non-hydrogen) atoms. The Morgan fingerprint density at radius 3 is 2.90 bits per heavy atom. The van der Waals surface area contributed by atoms with Gasteiger partial charge in [0.2, 0.25) is 17.8 Å². The molecule has 0 spiro atoms. The number of carbonyl (C=O) groups excluding carboxylic acids is 2. The lowest BCUT2D eigenvalue weighted by Crippen LogP contribution is -2.50. The maximum absolute atomic E-state index is 12.4. The molecule has 0 aliphatic carbocycles. The minimum Gasteiger partial charge on any atom is -0.331 e. The highest BCUT2D eigenvalue weighted by molar-refractivity contribution is 5.96. The topological polar surface area (TPSA) is 91.0 Å². The highest BCUT2D eigenvalue weighted by Gasteiger charge is 2.32. The standard InChI is InChI=1S/C13H21N5O2/c1-9(2)7-10(18-6-4-3-5-11(18)19)12(20)16-13-14-8-15-17-13/h8-10H,3-7H2,1-2H3,(H2,14,15,16,17,20). The van der Waals surface area contributed by atoms with Crippen LogP contribution in [-0.2, 0) is 9.59 Å². The van der Waals surface area contributed by atoms with Crippen LogP contribution in [0.2, 0.25) is 0 Å². The van der Waals surface area contributed by atoms with E-state index in [9.17, 15) is 9.59 Å². The minimum absolute atomic E-state index is 0.0645. The van der Waals surface area contributed by atoms with Gasteiger partial charge in [-0.15, -0.1) is 0 Å². The summed E-state index contributed by atoms with van der Waals surface area (Å²) in [7, 11) is 0. The van der Waals surface area contributed by atoms with Crippen molar-refractivity contribution in [2.75, 3.05) is 11.9 Å². The Labute approximate surface area is 118 Å². The quantitative estimate of drug-likeness (QED) is 0.846. The van der Waals surface area contributed by atoms with Crippen LogP contribution in [0.5, 0.6) is 0 Å². The zero-order valence-electron chi connectivity index (χ0n) is 11.9. The molecule has 1 aromatic rings. The Kier molecular flexibility index (Phi) is 4.70. The predicted molar refractivity (Wildman–Crippen MR) is 73.8 cm³/mol. The van der Waals surface area contributed by atoms with Crippen LogP contribution < -0.4 is 5.32 Å². The predicted octanol–water partition coefficient (Wildman–Crippen LogP) is 1.17. The number of rotatable bonds is 5. The van der Waals surface area contributed by atoms with Crippen LogP contribution >= 0.6 is 0 Å². The Morgan fingerprint density at radius 1 is 1.50 bits per heavy atom. The van der Waals surface area contributed by atoms with E-state index in [1.165, 1.54) is 6.33 Å². The zero-order valence-corrected chi connectivity index (χ0v) is 11.9. The van der Waals surface area contributed by atoms with E-state index in [0.717, 1.165) is 12.8 Å². The maximum Gasteiger partial charge on any atom is 0.249 e. The summed E-state index contributed by atoms with van der Waals surface area (Å²) < 4.78 is 0. The van der Waals surface area contributed by atoms with E-state index >= 15 is 0 Å². The maximum atomic E-state index is 12.4. The lowest BCUT2D eigenvalue weighted by Gasteiger charge is -2.34. The highest BCUT2D eigenvalue weighted by Crippen LogP contribution is 2.19. The molecule has 2 heterocycles. The largest absolute Gasteiger partial charge is 0.331 e. The van der Waals surface area contributed by atoms with Gasteiger partial charge in [-0.1, -0.05) is 13.8 Å². The number of nitrogens with zero attached hydrogens (tertiary/aromatic N) is 3. The van der Waals surface area contributed by atoms with E-state index in [-0.39, 0.29) is 11.8 Å². The molecule has 7 nitrogen and oxygen atoms in total. The van der Waals surface area contributed by atoms with Gasteiger partial charge in [0.15, 0.2) is 0 Å². The second-order valence-electron chi connectivity index (χ2n) is 5.51. The van der Waals surface area contributed by atoms with Crippen LogP contribution in [0.25, 0.3) is 0 Å². The number of amides is 2. The van der Waals surface area contributed by atoms with Crippen molar-refractivity contribution in [3.8, 4) is 0 Å². The van der Waals surface area contributed by atoms with E-state index in [2.05, 4.69) is 20.5 Å². The molecule has 2 rings (SSSR count). The number of H-pyrrole nitrogens is 1. The van der Waals surface area contributed by atoms with Crippen molar-refractivity contribution in [1.82, 2.24) is 20.1 Å². The fourth-order valence-electron chi connectivity index (χ4n) is 2.44.